The first-order valence-electron chi connectivity index (χ1n) is 12.3. The molecule has 10 heteroatoms. The van der Waals surface area contributed by atoms with Crippen LogP contribution in [0.4, 0.5) is 4.79 Å². The molecule has 1 aromatic rings. The van der Waals surface area contributed by atoms with Crippen LogP contribution < -0.4 is 16.0 Å². The summed E-state index contributed by atoms with van der Waals surface area (Å²) in [5.74, 6) is 0.497. The van der Waals surface area contributed by atoms with Crippen LogP contribution in [0.1, 0.15) is 51.5 Å². The SMILES string of the molecule is CC1CC(COc2ccc(C3(C)CCN(C(CCCCOC(N)=O)C(=O)NO)C3=O)cc2)CN1C. The van der Waals surface area contributed by atoms with Crippen molar-refractivity contribution >= 4 is 17.9 Å². The number of nitrogens with zero attached hydrogens (tertiary/aromatic N) is 2. The molecule has 0 aliphatic carbocycles. The van der Waals surface area contributed by atoms with Gasteiger partial charge in [0, 0.05) is 25.0 Å². The van der Waals surface area contributed by atoms with Crippen molar-refractivity contribution in [1.29, 1.82) is 0 Å². The van der Waals surface area contributed by atoms with Gasteiger partial charge in [-0.2, -0.15) is 0 Å². The average Bonchev–Trinajstić information content (AvgIpc) is 3.32. The summed E-state index contributed by atoms with van der Waals surface area (Å²) in [6, 6.07) is 7.40. The Morgan fingerprint density at radius 3 is 2.60 bits per heavy atom. The number of hydrogen-bond donors (Lipinski definition) is 3. The summed E-state index contributed by atoms with van der Waals surface area (Å²) >= 11 is 0. The maximum Gasteiger partial charge on any atom is 0.404 e. The Labute approximate surface area is 206 Å². The molecule has 0 radical (unpaired) electrons. The maximum atomic E-state index is 13.5. The second kappa shape index (κ2) is 11.7. The normalized spacial score (nSPS) is 25.5. The van der Waals surface area contributed by atoms with Crippen LogP contribution in [0.15, 0.2) is 24.3 Å². The zero-order valence-electron chi connectivity index (χ0n) is 20.9. The van der Waals surface area contributed by atoms with E-state index < -0.39 is 23.5 Å². The van der Waals surface area contributed by atoms with Gasteiger partial charge in [-0.25, -0.2) is 10.3 Å². The molecule has 2 aliphatic heterocycles. The molecule has 4 N–H and O–H groups in total. The van der Waals surface area contributed by atoms with E-state index in [-0.39, 0.29) is 12.5 Å². The van der Waals surface area contributed by atoms with Crippen LogP contribution in [-0.4, -0.2) is 78.3 Å². The topological polar surface area (TPSA) is 134 Å². The first-order valence-corrected chi connectivity index (χ1v) is 12.3. The molecule has 4 atom stereocenters. The van der Waals surface area contributed by atoms with E-state index in [2.05, 4.69) is 18.9 Å². The minimum atomic E-state index is -0.850. The highest BCUT2D eigenvalue weighted by Crippen LogP contribution is 2.38. The third-order valence-corrected chi connectivity index (χ3v) is 7.44. The number of primary amides is 1. The van der Waals surface area contributed by atoms with Gasteiger partial charge in [0.2, 0.25) is 5.91 Å². The van der Waals surface area contributed by atoms with Gasteiger partial charge in [0.25, 0.3) is 5.91 Å². The lowest BCUT2D eigenvalue weighted by Crippen LogP contribution is -2.49. The van der Waals surface area contributed by atoms with Gasteiger partial charge < -0.3 is 25.0 Å². The van der Waals surface area contributed by atoms with E-state index in [9.17, 15) is 19.6 Å². The zero-order valence-corrected chi connectivity index (χ0v) is 20.9. The van der Waals surface area contributed by atoms with Gasteiger partial charge in [0.05, 0.1) is 18.6 Å². The van der Waals surface area contributed by atoms with Gasteiger partial charge in [0.15, 0.2) is 0 Å². The minimum Gasteiger partial charge on any atom is -0.493 e. The number of likely N-dealkylation sites (tertiary alicyclic amines) is 2. The molecule has 3 rings (SSSR count). The molecule has 1 aromatic carbocycles. The number of hydroxylamine groups is 1. The summed E-state index contributed by atoms with van der Waals surface area (Å²) in [7, 11) is 2.13. The molecule has 0 spiro atoms. The fourth-order valence-electron chi connectivity index (χ4n) is 5.13. The third kappa shape index (κ3) is 6.43. The zero-order chi connectivity index (χ0) is 25.6. The van der Waals surface area contributed by atoms with Crippen LogP contribution in [0.3, 0.4) is 0 Å². The van der Waals surface area contributed by atoms with E-state index in [1.807, 2.05) is 31.2 Å². The quantitative estimate of drug-likeness (QED) is 0.245. The number of rotatable bonds is 11. The molecule has 0 bridgehead atoms. The van der Waals surface area contributed by atoms with Gasteiger partial charge in [-0.1, -0.05) is 12.1 Å². The van der Waals surface area contributed by atoms with Crippen LogP contribution in [0.25, 0.3) is 0 Å². The van der Waals surface area contributed by atoms with Crippen LogP contribution in [-0.2, 0) is 19.7 Å². The summed E-state index contributed by atoms with van der Waals surface area (Å²) in [6.45, 7) is 6.35. The van der Waals surface area contributed by atoms with E-state index >= 15 is 0 Å². The minimum absolute atomic E-state index is 0.138. The smallest absolute Gasteiger partial charge is 0.404 e. The standard InChI is InChI=1S/C25H38N4O6/c1-17-14-18(15-28(17)3)16-35-20-9-7-19(8-10-20)25(2)11-12-29(23(25)31)21(22(30)27-33)6-4-5-13-34-24(26)32/h7-10,17-18,21,33H,4-6,11-16H2,1-3H3,(H2,26,32)(H,27,30). The van der Waals surface area contributed by atoms with E-state index in [1.165, 1.54) is 4.90 Å². The highest BCUT2D eigenvalue weighted by molar-refractivity contribution is 5.94. The maximum absolute atomic E-state index is 13.5. The van der Waals surface area contributed by atoms with Crippen molar-refractivity contribution in [1.82, 2.24) is 15.3 Å². The second-order valence-corrected chi connectivity index (χ2v) is 9.96. The number of benzene rings is 1. The molecule has 10 nitrogen and oxygen atoms in total. The number of hydrogen-bond acceptors (Lipinski definition) is 7. The molecule has 0 saturated carbocycles. The molecular weight excluding hydrogens is 452 g/mol. The Morgan fingerprint density at radius 1 is 1.29 bits per heavy atom. The Balaban J connectivity index is 1.60. The van der Waals surface area contributed by atoms with Crippen LogP contribution in [0, 0.1) is 5.92 Å². The summed E-state index contributed by atoms with van der Waals surface area (Å²) in [5.41, 5.74) is 6.72. The highest BCUT2D eigenvalue weighted by atomic mass is 16.5. The van der Waals surface area contributed by atoms with E-state index in [4.69, 9.17) is 15.2 Å². The summed E-state index contributed by atoms with van der Waals surface area (Å²) < 4.78 is 10.7. The van der Waals surface area contributed by atoms with Gasteiger partial charge in [-0.15, -0.1) is 0 Å². The Morgan fingerprint density at radius 2 is 2.00 bits per heavy atom. The van der Waals surface area contributed by atoms with Gasteiger partial charge >= 0.3 is 6.09 Å². The third-order valence-electron chi connectivity index (χ3n) is 7.44. The first-order chi connectivity index (χ1) is 16.7. The largest absolute Gasteiger partial charge is 0.493 e. The van der Waals surface area contributed by atoms with E-state index in [0.29, 0.717) is 50.8 Å². The second-order valence-electron chi connectivity index (χ2n) is 9.96. The highest BCUT2D eigenvalue weighted by Gasteiger charge is 2.47. The van der Waals surface area contributed by atoms with Crippen molar-refractivity contribution < 1.29 is 29.1 Å². The summed E-state index contributed by atoms with van der Waals surface area (Å²) in [4.78, 5) is 40.4. The molecule has 3 amide bonds. The number of carbonyl (C=O) groups excluding carboxylic acids is 3. The number of carbonyl (C=O) groups is 3. The molecule has 2 aliphatic rings. The van der Waals surface area contributed by atoms with Crippen molar-refractivity contribution in [2.75, 3.05) is 33.4 Å². The van der Waals surface area contributed by atoms with E-state index in [0.717, 1.165) is 24.3 Å². The van der Waals surface area contributed by atoms with Crippen molar-refractivity contribution in [3.8, 4) is 5.75 Å². The lowest BCUT2D eigenvalue weighted by atomic mass is 9.81. The average molecular weight is 491 g/mol. The van der Waals surface area contributed by atoms with Crippen molar-refractivity contribution in [2.24, 2.45) is 11.7 Å². The molecule has 2 fully saturated rings. The van der Waals surface area contributed by atoms with Gasteiger partial charge in [-0.05, 0) is 70.7 Å². The molecule has 194 valence electrons. The number of unbranched alkanes of at least 4 members (excludes halogenated alkanes) is 1. The lowest BCUT2D eigenvalue weighted by molar-refractivity contribution is -0.144. The molecule has 2 saturated heterocycles. The Kier molecular flexibility index (Phi) is 8.96. The Hall–Kier alpha value is -2.85. The first kappa shape index (κ1) is 26.7. The van der Waals surface area contributed by atoms with Crippen LogP contribution in [0.5, 0.6) is 5.75 Å². The summed E-state index contributed by atoms with van der Waals surface area (Å²) in [6.07, 6.45) is 2.17. The summed E-state index contributed by atoms with van der Waals surface area (Å²) in [5, 5.41) is 9.22. The van der Waals surface area contributed by atoms with Crippen molar-refractivity contribution in [2.45, 2.75) is 63.5 Å². The van der Waals surface area contributed by atoms with Crippen LogP contribution >= 0.6 is 0 Å². The molecule has 0 aromatic heterocycles. The van der Waals surface area contributed by atoms with Crippen LogP contribution in [0.2, 0.25) is 0 Å². The predicted octanol–water partition coefficient (Wildman–Crippen LogP) is 2.04. The fraction of sp³-hybridized carbons (Fsp3) is 0.640. The fourth-order valence-corrected chi connectivity index (χ4v) is 5.13. The predicted molar refractivity (Wildman–Crippen MR) is 129 cm³/mol. The number of nitrogens with one attached hydrogen (secondary N) is 1. The number of ether oxygens (including phenoxy) is 2. The van der Waals surface area contributed by atoms with Gasteiger partial charge in [-0.3, -0.25) is 14.8 Å². The van der Waals surface area contributed by atoms with E-state index in [1.54, 1.807) is 5.48 Å². The number of nitrogens with two attached hydrogens (primary N) is 1. The molecular formula is C25H38N4O6. The van der Waals surface area contributed by atoms with Crippen molar-refractivity contribution in [3.05, 3.63) is 29.8 Å². The molecule has 35 heavy (non-hydrogen) atoms. The molecule has 2 heterocycles. The number of amides is 3. The lowest BCUT2D eigenvalue weighted by Gasteiger charge is -2.29. The van der Waals surface area contributed by atoms with Crippen molar-refractivity contribution in [3.63, 3.8) is 0 Å². The van der Waals surface area contributed by atoms with Gasteiger partial charge in [0.1, 0.15) is 11.8 Å². The molecule has 4 unspecified atom stereocenters. The monoisotopic (exact) mass is 490 g/mol. The Bertz CT molecular complexity index is 884.